The average Bonchev–Trinajstić information content (AvgIpc) is 2.48. The summed E-state index contributed by atoms with van der Waals surface area (Å²) in [6, 6.07) is 5.94. The molecule has 1 heterocycles. The second-order valence-corrected chi connectivity index (χ2v) is 6.78. The maximum absolute atomic E-state index is 12.8. The maximum atomic E-state index is 12.8. The van der Waals surface area contributed by atoms with Crippen LogP contribution in [0.3, 0.4) is 0 Å². The molecular formula is C13H19F2N3O2S. The SMILES string of the molecule is NCCN1CCN(c2ccccc2S(=O)(=O)C(F)F)CC1. The number of nitrogens with two attached hydrogens (primary N) is 1. The van der Waals surface area contributed by atoms with E-state index >= 15 is 0 Å². The number of para-hydroxylation sites is 1. The zero-order valence-corrected chi connectivity index (χ0v) is 12.4. The first-order valence-electron chi connectivity index (χ1n) is 6.75. The van der Waals surface area contributed by atoms with E-state index in [1.54, 1.807) is 12.1 Å². The molecule has 1 fully saturated rings. The van der Waals surface area contributed by atoms with Gasteiger partial charge in [0.15, 0.2) is 0 Å². The zero-order valence-electron chi connectivity index (χ0n) is 11.6. The van der Waals surface area contributed by atoms with Gasteiger partial charge in [0, 0.05) is 39.3 Å². The molecule has 1 aromatic rings. The number of halogens is 2. The van der Waals surface area contributed by atoms with Crippen molar-refractivity contribution in [1.82, 2.24) is 4.90 Å². The van der Waals surface area contributed by atoms with Crippen molar-refractivity contribution in [1.29, 1.82) is 0 Å². The van der Waals surface area contributed by atoms with E-state index < -0.39 is 15.6 Å². The Balaban J connectivity index is 2.23. The summed E-state index contributed by atoms with van der Waals surface area (Å²) in [5, 5.41) is 0. The molecule has 0 radical (unpaired) electrons. The molecule has 21 heavy (non-hydrogen) atoms. The van der Waals surface area contributed by atoms with E-state index in [1.807, 2.05) is 4.90 Å². The van der Waals surface area contributed by atoms with E-state index in [-0.39, 0.29) is 4.90 Å². The molecule has 5 nitrogen and oxygen atoms in total. The molecule has 0 unspecified atom stereocenters. The number of anilines is 1. The summed E-state index contributed by atoms with van der Waals surface area (Å²) >= 11 is 0. The molecular weight excluding hydrogens is 300 g/mol. The van der Waals surface area contributed by atoms with Gasteiger partial charge in [-0.3, -0.25) is 4.90 Å². The minimum absolute atomic E-state index is 0.299. The Hall–Kier alpha value is -1.25. The number of benzene rings is 1. The Morgan fingerprint density at radius 2 is 1.76 bits per heavy atom. The van der Waals surface area contributed by atoms with Crippen LogP contribution in [0.25, 0.3) is 0 Å². The Morgan fingerprint density at radius 1 is 1.14 bits per heavy atom. The molecule has 0 amide bonds. The van der Waals surface area contributed by atoms with Crippen LogP contribution < -0.4 is 10.6 Å². The Labute approximate surface area is 123 Å². The number of nitrogens with zero attached hydrogens (tertiary/aromatic N) is 2. The topological polar surface area (TPSA) is 66.6 Å². The largest absolute Gasteiger partial charge is 0.368 e. The monoisotopic (exact) mass is 319 g/mol. The number of alkyl halides is 2. The first kappa shape index (κ1) is 16.1. The Morgan fingerprint density at radius 3 is 2.33 bits per heavy atom. The molecule has 1 aliphatic rings. The van der Waals surface area contributed by atoms with Gasteiger partial charge in [-0.2, -0.15) is 8.78 Å². The number of hydrogen-bond donors (Lipinski definition) is 1. The van der Waals surface area contributed by atoms with Crippen LogP contribution in [0.15, 0.2) is 29.2 Å². The third kappa shape index (κ3) is 3.50. The molecule has 1 aromatic carbocycles. The van der Waals surface area contributed by atoms with Crippen molar-refractivity contribution in [2.45, 2.75) is 10.7 Å². The molecule has 0 aliphatic carbocycles. The number of piperazine rings is 1. The maximum Gasteiger partial charge on any atom is 0.341 e. The molecule has 0 bridgehead atoms. The van der Waals surface area contributed by atoms with Crippen LogP contribution in [0.5, 0.6) is 0 Å². The van der Waals surface area contributed by atoms with Crippen molar-refractivity contribution in [3.8, 4) is 0 Å². The van der Waals surface area contributed by atoms with Gasteiger partial charge >= 0.3 is 5.76 Å². The van der Waals surface area contributed by atoms with Crippen molar-refractivity contribution >= 4 is 15.5 Å². The fourth-order valence-electron chi connectivity index (χ4n) is 2.45. The summed E-state index contributed by atoms with van der Waals surface area (Å²) in [6.07, 6.45) is 0. The van der Waals surface area contributed by atoms with E-state index in [4.69, 9.17) is 5.73 Å². The van der Waals surface area contributed by atoms with Crippen LogP contribution in [-0.2, 0) is 9.84 Å². The van der Waals surface area contributed by atoms with Crippen LogP contribution in [-0.4, -0.2) is 58.3 Å². The summed E-state index contributed by atoms with van der Waals surface area (Å²) in [4.78, 5) is 3.70. The molecule has 8 heteroatoms. The highest BCUT2D eigenvalue weighted by molar-refractivity contribution is 7.91. The fraction of sp³-hybridized carbons (Fsp3) is 0.538. The lowest BCUT2D eigenvalue weighted by Crippen LogP contribution is -2.48. The van der Waals surface area contributed by atoms with Crippen LogP contribution in [0, 0.1) is 0 Å². The lowest BCUT2D eigenvalue weighted by atomic mass is 10.2. The van der Waals surface area contributed by atoms with Gasteiger partial charge in [0.2, 0.25) is 9.84 Å². The van der Waals surface area contributed by atoms with Gasteiger partial charge in [0.1, 0.15) is 0 Å². The van der Waals surface area contributed by atoms with E-state index in [9.17, 15) is 17.2 Å². The van der Waals surface area contributed by atoms with Crippen molar-refractivity contribution < 1.29 is 17.2 Å². The minimum atomic E-state index is -4.59. The number of rotatable bonds is 5. The van der Waals surface area contributed by atoms with Gasteiger partial charge in [-0.15, -0.1) is 0 Å². The summed E-state index contributed by atoms with van der Waals surface area (Å²) in [5.41, 5.74) is 5.85. The normalized spacial score (nSPS) is 17.4. The van der Waals surface area contributed by atoms with Gasteiger partial charge < -0.3 is 10.6 Å². The number of hydrogen-bond acceptors (Lipinski definition) is 5. The molecule has 2 N–H and O–H groups in total. The number of sulfone groups is 1. The quantitative estimate of drug-likeness (QED) is 0.868. The molecule has 118 valence electrons. The zero-order chi connectivity index (χ0) is 15.5. The summed E-state index contributed by atoms with van der Waals surface area (Å²) in [5.74, 6) is -3.41. The average molecular weight is 319 g/mol. The predicted molar refractivity (Wildman–Crippen MR) is 77.3 cm³/mol. The Bertz CT molecular complexity index is 573. The lowest BCUT2D eigenvalue weighted by Gasteiger charge is -2.36. The summed E-state index contributed by atoms with van der Waals surface area (Å²) in [7, 11) is -4.59. The third-order valence-electron chi connectivity index (χ3n) is 3.56. The van der Waals surface area contributed by atoms with E-state index in [1.165, 1.54) is 12.1 Å². The van der Waals surface area contributed by atoms with Gasteiger partial charge in [-0.1, -0.05) is 12.1 Å². The first-order valence-corrected chi connectivity index (χ1v) is 8.30. The van der Waals surface area contributed by atoms with Gasteiger partial charge in [-0.25, -0.2) is 8.42 Å². The van der Waals surface area contributed by atoms with Crippen LogP contribution in [0.2, 0.25) is 0 Å². The highest BCUT2D eigenvalue weighted by Gasteiger charge is 2.31. The molecule has 0 spiro atoms. The van der Waals surface area contributed by atoms with Gasteiger partial charge in [0.25, 0.3) is 0 Å². The minimum Gasteiger partial charge on any atom is -0.368 e. The molecule has 2 rings (SSSR count). The standard InChI is InChI=1S/C13H19F2N3O2S/c14-13(15)21(19,20)12-4-2-1-3-11(12)18-9-7-17(6-5-16)8-10-18/h1-4,13H,5-10,16H2. The predicted octanol–water partition coefficient (Wildman–Crippen LogP) is 0.764. The molecule has 1 aliphatic heterocycles. The van der Waals surface area contributed by atoms with Gasteiger partial charge in [-0.05, 0) is 12.1 Å². The van der Waals surface area contributed by atoms with Crippen LogP contribution in [0.1, 0.15) is 0 Å². The molecule has 0 saturated carbocycles. The van der Waals surface area contributed by atoms with Crippen LogP contribution >= 0.6 is 0 Å². The van der Waals surface area contributed by atoms with Gasteiger partial charge in [0.05, 0.1) is 10.6 Å². The third-order valence-corrected chi connectivity index (χ3v) is 4.99. The molecule has 0 aromatic heterocycles. The van der Waals surface area contributed by atoms with Crippen molar-refractivity contribution in [2.24, 2.45) is 5.73 Å². The van der Waals surface area contributed by atoms with E-state index in [0.29, 0.717) is 25.3 Å². The summed E-state index contributed by atoms with van der Waals surface area (Å²) in [6.45, 7) is 4.01. The van der Waals surface area contributed by atoms with Crippen LogP contribution in [0.4, 0.5) is 14.5 Å². The second-order valence-electron chi connectivity index (χ2n) is 4.89. The highest BCUT2D eigenvalue weighted by Crippen LogP contribution is 2.29. The second kappa shape index (κ2) is 6.67. The summed E-state index contributed by atoms with van der Waals surface area (Å²) < 4.78 is 49.1. The fourth-order valence-corrected chi connectivity index (χ4v) is 3.40. The highest BCUT2D eigenvalue weighted by atomic mass is 32.2. The Kier molecular flexibility index (Phi) is 5.13. The van der Waals surface area contributed by atoms with E-state index in [0.717, 1.165) is 19.6 Å². The van der Waals surface area contributed by atoms with Crippen molar-refractivity contribution in [3.05, 3.63) is 24.3 Å². The van der Waals surface area contributed by atoms with Crippen molar-refractivity contribution in [2.75, 3.05) is 44.2 Å². The molecule has 0 atom stereocenters. The van der Waals surface area contributed by atoms with Crippen molar-refractivity contribution in [3.63, 3.8) is 0 Å². The smallest absolute Gasteiger partial charge is 0.341 e. The van der Waals surface area contributed by atoms with E-state index in [2.05, 4.69) is 4.90 Å². The molecule has 1 saturated heterocycles. The first-order chi connectivity index (χ1) is 9.96. The lowest BCUT2D eigenvalue weighted by molar-refractivity contribution is 0.234.